The Hall–Kier alpha value is -0.160. The summed E-state index contributed by atoms with van der Waals surface area (Å²) in [4.78, 5) is 9.76. The van der Waals surface area contributed by atoms with Gasteiger partial charge in [0, 0.05) is 65.4 Å². The molecule has 4 saturated heterocycles. The predicted molar refractivity (Wildman–Crippen MR) is 62.5 cm³/mol. The number of nitrogens with zero attached hydrogens (tertiary/aromatic N) is 4. The quantitative estimate of drug-likeness (QED) is 0.536. The molecule has 0 saturated carbocycles. The van der Waals surface area contributed by atoms with Gasteiger partial charge < -0.3 is 0 Å². The van der Waals surface area contributed by atoms with Crippen LogP contribution in [0.15, 0.2) is 0 Å². The summed E-state index contributed by atoms with van der Waals surface area (Å²) in [5.74, 6) is 0. The summed E-state index contributed by atoms with van der Waals surface area (Å²) in [5.41, 5.74) is 0. The Labute approximate surface area is 98.8 Å². The lowest BCUT2D eigenvalue weighted by Crippen LogP contribution is -2.36. The predicted octanol–water partition coefficient (Wildman–Crippen LogP) is -0.687. The molecule has 0 spiro atoms. The minimum atomic E-state index is 1.00. The Bertz CT molecular complexity index is 147. The molecule has 4 rings (SSSR count). The highest BCUT2D eigenvalue weighted by atomic mass is 15.3. The third-order valence-corrected chi connectivity index (χ3v) is 3.78. The van der Waals surface area contributed by atoms with E-state index in [1.807, 2.05) is 0 Å². The lowest BCUT2D eigenvalue weighted by atomic mass is 10.4. The molecule has 0 N–H and O–H groups in total. The summed E-state index contributed by atoms with van der Waals surface area (Å²) in [5, 5.41) is 0. The maximum Gasteiger partial charge on any atom is 0.0771 e. The van der Waals surface area contributed by atoms with Gasteiger partial charge in [-0.05, 0) is 0 Å². The molecule has 4 heterocycles. The van der Waals surface area contributed by atoms with Gasteiger partial charge in [0.25, 0.3) is 0 Å². The number of hydrogen-bond donors (Lipinski definition) is 0. The smallest absolute Gasteiger partial charge is 0.0771 e. The molecule has 0 aliphatic carbocycles. The molecule has 4 unspecified atom stereocenters. The summed E-state index contributed by atoms with van der Waals surface area (Å²) in [6.07, 6.45) is 0. The van der Waals surface area contributed by atoms with E-state index in [1.54, 1.807) is 0 Å². The van der Waals surface area contributed by atoms with Crippen molar-refractivity contribution in [2.75, 3.05) is 65.4 Å². The summed E-state index contributed by atoms with van der Waals surface area (Å²) in [6, 6.07) is 0. The van der Waals surface area contributed by atoms with Crippen molar-refractivity contribution < 1.29 is 0 Å². The van der Waals surface area contributed by atoms with Gasteiger partial charge in [0.05, 0.1) is 13.1 Å². The maximum absolute atomic E-state index is 3.55. The normalized spacial score (nSPS) is 45.0. The van der Waals surface area contributed by atoms with E-state index < -0.39 is 0 Å². The van der Waals surface area contributed by atoms with Crippen molar-refractivity contribution in [1.82, 2.24) is 19.6 Å². The van der Waals surface area contributed by atoms with Crippen LogP contribution in [0.3, 0.4) is 0 Å². The van der Waals surface area contributed by atoms with Crippen molar-refractivity contribution in [3.8, 4) is 0 Å². The molecule has 0 aromatic heterocycles. The molecular weight excluding hydrogens is 200 g/mol. The van der Waals surface area contributed by atoms with Crippen LogP contribution >= 0.6 is 0 Å². The van der Waals surface area contributed by atoms with Gasteiger partial charge in [-0.25, -0.2) is 0 Å². The molecule has 0 aromatic carbocycles. The zero-order valence-electron chi connectivity index (χ0n) is 9.86. The molecular formula is C12H20N4. The fourth-order valence-corrected chi connectivity index (χ4v) is 2.53. The molecule has 4 nitrogen and oxygen atoms in total. The number of fused-ring (bicyclic) bond motifs is 6. The van der Waals surface area contributed by atoms with Crippen LogP contribution in [0.1, 0.15) is 0 Å². The fraction of sp³-hybridized carbons (Fsp3) is 0.833. The maximum atomic E-state index is 3.55. The van der Waals surface area contributed by atoms with Gasteiger partial charge in [0.2, 0.25) is 0 Å². The van der Waals surface area contributed by atoms with Crippen LogP contribution in [0.25, 0.3) is 0 Å². The lowest BCUT2D eigenvalue weighted by Gasteiger charge is -2.22. The Kier molecular flexibility index (Phi) is 3.43. The second kappa shape index (κ2) is 5.00. The van der Waals surface area contributed by atoms with Gasteiger partial charge in [-0.1, -0.05) is 0 Å². The van der Waals surface area contributed by atoms with E-state index in [2.05, 4.69) is 32.7 Å². The van der Waals surface area contributed by atoms with Crippen LogP contribution in [-0.4, -0.2) is 85.0 Å². The molecule has 4 heteroatoms. The average molecular weight is 220 g/mol. The first-order valence-corrected chi connectivity index (χ1v) is 6.32. The van der Waals surface area contributed by atoms with Crippen molar-refractivity contribution in [2.45, 2.75) is 0 Å². The summed E-state index contributed by atoms with van der Waals surface area (Å²) in [7, 11) is 0. The number of hydrogen-bond acceptors (Lipinski definition) is 4. The second-order valence-corrected chi connectivity index (χ2v) is 4.84. The summed E-state index contributed by atoms with van der Waals surface area (Å²) >= 11 is 0. The molecule has 0 aromatic rings. The van der Waals surface area contributed by atoms with Gasteiger partial charge in [-0.2, -0.15) is 0 Å². The van der Waals surface area contributed by atoms with E-state index in [-0.39, 0.29) is 0 Å². The van der Waals surface area contributed by atoms with Crippen LogP contribution in [-0.2, 0) is 0 Å². The van der Waals surface area contributed by atoms with E-state index in [0.29, 0.717) is 0 Å². The lowest BCUT2D eigenvalue weighted by molar-refractivity contribution is 0.237. The van der Waals surface area contributed by atoms with Gasteiger partial charge >= 0.3 is 0 Å². The zero-order chi connectivity index (χ0) is 10.8. The Morgan fingerprint density at radius 2 is 0.875 bits per heavy atom. The molecule has 4 fully saturated rings. The Morgan fingerprint density at radius 1 is 0.500 bits per heavy atom. The SMILES string of the molecule is [C]1CN2CCN3[C]CN(CCN1CC3)CC2. The van der Waals surface area contributed by atoms with Crippen molar-refractivity contribution in [3.63, 3.8) is 0 Å². The van der Waals surface area contributed by atoms with Gasteiger partial charge in [-0.15, -0.1) is 0 Å². The van der Waals surface area contributed by atoms with E-state index in [9.17, 15) is 0 Å². The topological polar surface area (TPSA) is 13.0 Å². The standard InChI is InChI=1S/C12H20N4/c1-2-14-7-9-15-5-3-13(1)4-6-16(10-8-14)12-11-15/h1-5,7-8,10-12H2. The fourth-order valence-electron chi connectivity index (χ4n) is 2.53. The van der Waals surface area contributed by atoms with E-state index in [4.69, 9.17) is 0 Å². The van der Waals surface area contributed by atoms with Crippen molar-refractivity contribution >= 4 is 0 Å². The van der Waals surface area contributed by atoms with Gasteiger partial charge in [-0.3, -0.25) is 19.6 Å². The zero-order valence-corrected chi connectivity index (χ0v) is 9.86. The van der Waals surface area contributed by atoms with Crippen LogP contribution in [0, 0.1) is 13.1 Å². The number of rotatable bonds is 0. The monoisotopic (exact) mass is 220 g/mol. The van der Waals surface area contributed by atoms with E-state index >= 15 is 0 Å². The Morgan fingerprint density at radius 3 is 1.38 bits per heavy atom. The summed E-state index contributed by atoms with van der Waals surface area (Å²) < 4.78 is 0. The van der Waals surface area contributed by atoms with Crippen LogP contribution < -0.4 is 0 Å². The van der Waals surface area contributed by atoms with Crippen LogP contribution in [0.4, 0.5) is 0 Å². The van der Waals surface area contributed by atoms with Gasteiger partial charge in [0.1, 0.15) is 0 Å². The minimum Gasteiger partial charge on any atom is -0.299 e. The van der Waals surface area contributed by atoms with Crippen LogP contribution in [0.5, 0.6) is 0 Å². The van der Waals surface area contributed by atoms with Crippen molar-refractivity contribution in [3.05, 3.63) is 13.1 Å². The highest BCUT2D eigenvalue weighted by Gasteiger charge is 2.23. The molecule has 4 aliphatic heterocycles. The first-order valence-electron chi connectivity index (χ1n) is 6.32. The van der Waals surface area contributed by atoms with E-state index in [0.717, 1.165) is 52.4 Å². The average Bonchev–Trinajstić information content (AvgIpc) is 2.53. The molecule has 4 bridgehead atoms. The molecule has 4 radical (unpaired) electrons. The molecule has 16 heavy (non-hydrogen) atoms. The summed E-state index contributed by atoms with van der Waals surface area (Å²) in [6.45, 7) is 18.2. The van der Waals surface area contributed by atoms with Gasteiger partial charge in [0.15, 0.2) is 0 Å². The van der Waals surface area contributed by atoms with Crippen molar-refractivity contribution in [2.24, 2.45) is 0 Å². The minimum absolute atomic E-state index is 1.00. The highest BCUT2D eigenvalue weighted by Crippen LogP contribution is 2.11. The molecule has 4 aliphatic rings. The van der Waals surface area contributed by atoms with Crippen LogP contribution in [0.2, 0.25) is 0 Å². The second-order valence-electron chi connectivity index (χ2n) is 4.84. The molecule has 88 valence electrons. The third-order valence-electron chi connectivity index (χ3n) is 3.78. The molecule has 4 atom stereocenters. The Balaban J connectivity index is 1.82. The molecule has 0 amide bonds. The first kappa shape index (κ1) is 11.0. The highest BCUT2D eigenvalue weighted by molar-refractivity contribution is 4.87. The third kappa shape index (κ3) is 2.56. The largest absolute Gasteiger partial charge is 0.299 e. The van der Waals surface area contributed by atoms with Crippen molar-refractivity contribution in [1.29, 1.82) is 0 Å². The first-order chi connectivity index (χ1) is 7.90. The van der Waals surface area contributed by atoms with E-state index in [1.165, 1.54) is 13.1 Å².